The molecule has 1 aromatic carbocycles. The van der Waals surface area contributed by atoms with Gasteiger partial charge < -0.3 is 10.3 Å². The molecule has 0 atom stereocenters. The van der Waals surface area contributed by atoms with Crippen LogP contribution >= 0.6 is 0 Å². The van der Waals surface area contributed by atoms with Crippen LogP contribution in [0.25, 0.3) is 0 Å². The fourth-order valence-corrected chi connectivity index (χ4v) is 2.39. The number of nitrogen functional groups attached to an aromatic ring is 1. The number of rotatable bonds is 4. The average molecular weight is 253 g/mol. The normalized spacial score (nSPS) is 10.4. The Morgan fingerprint density at radius 3 is 2.74 bits per heavy atom. The number of hydrogen-bond donors (Lipinski definition) is 1. The molecule has 0 unspecified atom stereocenters. The van der Waals surface area contributed by atoms with E-state index in [0.29, 0.717) is 12.2 Å². The van der Waals surface area contributed by atoms with E-state index in [1.54, 1.807) is 6.07 Å². The number of benzene rings is 1. The van der Waals surface area contributed by atoms with E-state index >= 15 is 0 Å². The molecule has 3 nitrogen and oxygen atoms in total. The highest BCUT2D eigenvalue weighted by Crippen LogP contribution is 2.21. The van der Waals surface area contributed by atoms with Crippen LogP contribution in [0, 0.1) is 18.3 Å². The molecule has 1 aromatic heterocycles. The van der Waals surface area contributed by atoms with Crippen LogP contribution in [0.3, 0.4) is 0 Å². The molecule has 2 rings (SSSR count). The predicted octanol–water partition coefficient (Wildman–Crippen LogP) is 3.25. The quantitative estimate of drug-likeness (QED) is 0.909. The molecule has 0 aliphatic rings. The smallest absolute Gasteiger partial charge is 0.122 e. The van der Waals surface area contributed by atoms with Gasteiger partial charge in [0.05, 0.1) is 5.69 Å². The number of aryl methyl sites for hydroxylation is 1. The number of aromatic nitrogens is 1. The molecule has 98 valence electrons. The molecular weight excluding hydrogens is 234 g/mol. The summed E-state index contributed by atoms with van der Waals surface area (Å²) in [4.78, 5) is 0. The summed E-state index contributed by atoms with van der Waals surface area (Å²) in [5.74, 6) is 0. The SMILES string of the molecule is CCCc1c(N)cc(C#N)n1Cc1cccc(C)c1. The lowest BCUT2D eigenvalue weighted by Crippen LogP contribution is -2.07. The summed E-state index contributed by atoms with van der Waals surface area (Å²) in [6.07, 6.45) is 1.92. The van der Waals surface area contributed by atoms with E-state index in [2.05, 4.69) is 38.1 Å². The molecule has 3 heteroatoms. The predicted molar refractivity (Wildman–Crippen MR) is 77.8 cm³/mol. The van der Waals surface area contributed by atoms with Crippen molar-refractivity contribution in [2.45, 2.75) is 33.2 Å². The van der Waals surface area contributed by atoms with Crippen molar-refractivity contribution in [1.29, 1.82) is 5.26 Å². The van der Waals surface area contributed by atoms with E-state index in [-0.39, 0.29) is 0 Å². The van der Waals surface area contributed by atoms with Crippen molar-refractivity contribution in [3.05, 3.63) is 52.8 Å². The Hall–Kier alpha value is -2.21. The first-order valence-electron chi connectivity index (χ1n) is 6.59. The van der Waals surface area contributed by atoms with Gasteiger partial charge >= 0.3 is 0 Å². The Balaban J connectivity index is 2.41. The summed E-state index contributed by atoms with van der Waals surface area (Å²) in [6, 6.07) is 12.4. The van der Waals surface area contributed by atoms with Gasteiger partial charge in [-0.05, 0) is 25.0 Å². The Kier molecular flexibility index (Phi) is 3.91. The third-order valence-electron chi connectivity index (χ3n) is 3.27. The van der Waals surface area contributed by atoms with Crippen molar-refractivity contribution < 1.29 is 0 Å². The molecule has 0 aliphatic carbocycles. The monoisotopic (exact) mass is 253 g/mol. The summed E-state index contributed by atoms with van der Waals surface area (Å²) in [5.41, 5.74) is 10.9. The lowest BCUT2D eigenvalue weighted by Gasteiger charge is -2.11. The molecule has 0 aliphatic heterocycles. The summed E-state index contributed by atoms with van der Waals surface area (Å²) in [5, 5.41) is 9.23. The van der Waals surface area contributed by atoms with Crippen molar-refractivity contribution in [3.63, 3.8) is 0 Å². The molecule has 0 bridgehead atoms. The molecule has 1 heterocycles. The van der Waals surface area contributed by atoms with Crippen molar-refractivity contribution in [2.24, 2.45) is 0 Å². The Morgan fingerprint density at radius 2 is 2.11 bits per heavy atom. The maximum absolute atomic E-state index is 9.23. The van der Waals surface area contributed by atoms with E-state index in [1.807, 2.05) is 10.6 Å². The molecular formula is C16H19N3. The van der Waals surface area contributed by atoms with Gasteiger partial charge in [-0.2, -0.15) is 5.26 Å². The third kappa shape index (κ3) is 2.79. The van der Waals surface area contributed by atoms with Crippen molar-refractivity contribution in [1.82, 2.24) is 4.57 Å². The van der Waals surface area contributed by atoms with Crippen LogP contribution in [-0.2, 0) is 13.0 Å². The van der Waals surface area contributed by atoms with Gasteiger partial charge in [-0.1, -0.05) is 43.2 Å². The van der Waals surface area contributed by atoms with E-state index < -0.39 is 0 Å². The van der Waals surface area contributed by atoms with Crippen LogP contribution in [0.5, 0.6) is 0 Å². The Morgan fingerprint density at radius 1 is 1.32 bits per heavy atom. The maximum Gasteiger partial charge on any atom is 0.122 e. The number of nitrogens with zero attached hydrogens (tertiary/aromatic N) is 2. The van der Waals surface area contributed by atoms with Gasteiger partial charge in [0.1, 0.15) is 11.8 Å². The molecule has 0 amide bonds. The van der Waals surface area contributed by atoms with Gasteiger partial charge in [0.15, 0.2) is 0 Å². The van der Waals surface area contributed by atoms with Gasteiger partial charge in [-0.3, -0.25) is 0 Å². The van der Waals surface area contributed by atoms with Gasteiger partial charge in [-0.15, -0.1) is 0 Å². The molecule has 2 aromatic rings. The number of anilines is 1. The van der Waals surface area contributed by atoms with Gasteiger partial charge in [0.25, 0.3) is 0 Å². The van der Waals surface area contributed by atoms with E-state index in [9.17, 15) is 5.26 Å². The summed E-state index contributed by atoms with van der Waals surface area (Å²) < 4.78 is 2.04. The molecule has 0 saturated carbocycles. The topological polar surface area (TPSA) is 54.7 Å². The first-order chi connectivity index (χ1) is 9.15. The summed E-state index contributed by atoms with van der Waals surface area (Å²) >= 11 is 0. The fraction of sp³-hybridized carbons (Fsp3) is 0.312. The second kappa shape index (κ2) is 5.62. The molecule has 0 radical (unpaired) electrons. The Labute approximate surface area is 114 Å². The van der Waals surface area contributed by atoms with E-state index in [1.165, 1.54) is 11.1 Å². The molecule has 0 spiro atoms. The highest BCUT2D eigenvalue weighted by Gasteiger charge is 2.12. The second-order valence-electron chi connectivity index (χ2n) is 4.87. The van der Waals surface area contributed by atoms with Crippen molar-refractivity contribution >= 4 is 5.69 Å². The molecule has 2 N–H and O–H groups in total. The first kappa shape index (κ1) is 13.2. The Bertz CT molecular complexity index is 617. The number of nitriles is 1. The summed E-state index contributed by atoms with van der Waals surface area (Å²) in [7, 11) is 0. The van der Waals surface area contributed by atoms with E-state index in [4.69, 9.17) is 5.73 Å². The number of nitrogens with two attached hydrogens (primary N) is 1. The molecule has 19 heavy (non-hydrogen) atoms. The van der Waals surface area contributed by atoms with Crippen LogP contribution in [-0.4, -0.2) is 4.57 Å². The lowest BCUT2D eigenvalue weighted by molar-refractivity contribution is 0.719. The minimum Gasteiger partial charge on any atom is -0.397 e. The minimum absolute atomic E-state index is 0.641. The van der Waals surface area contributed by atoms with Crippen LogP contribution < -0.4 is 5.73 Å². The maximum atomic E-state index is 9.23. The van der Waals surface area contributed by atoms with Crippen LogP contribution in [0.2, 0.25) is 0 Å². The first-order valence-corrected chi connectivity index (χ1v) is 6.59. The van der Waals surface area contributed by atoms with Crippen LogP contribution in [0.1, 0.15) is 35.9 Å². The van der Waals surface area contributed by atoms with Gasteiger partial charge in [0.2, 0.25) is 0 Å². The van der Waals surface area contributed by atoms with Crippen LogP contribution in [0.4, 0.5) is 5.69 Å². The number of hydrogen-bond acceptors (Lipinski definition) is 2. The zero-order valence-electron chi connectivity index (χ0n) is 11.5. The highest BCUT2D eigenvalue weighted by molar-refractivity contribution is 5.51. The minimum atomic E-state index is 0.641. The fourth-order valence-electron chi connectivity index (χ4n) is 2.39. The van der Waals surface area contributed by atoms with E-state index in [0.717, 1.165) is 24.2 Å². The average Bonchev–Trinajstić information content (AvgIpc) is 2.67. The summed E-state index contributed by atoms with van der Waals surface area (Å²) in [6.45, 7) is 4.90. The van der Waals surface area contributed by atoms with Gasteiger partial charge in [0, 0.05) is 12.2 Å². The van der Waals surface area contributed by atoms with Gasteiger partial charge in [-0.25, -0.2) is 0 Å². The van der Waals surface area contributed by atoms with Crippen molar-refractivity contribution in [3.8, 4) is 6.07 Å². The largest absolute Gasteiger partial charge is 0.397 e. The highest BCUT2D eigenvalue weighted by atomic mass is 15.0. The third-order valence-corrected chi connectivity index (χ3v) is 3.27. The molecule has 0 fully saturated rings. The molecule has 0 saturated heterocycles. The van der Waals surface area contributed by atoms with Crippen LogP contribution in [0.15, 0.2) is 30.3 Å². The standard InChI is InChI=1S/C16H19N3/c1-3-5-16-15(18)9-14(10-17)19(16)11-13-7-4-6-12(2)8-13/h4,6-9H,3,5,11,18H2,1-2H3. The zero-order valence-corrected chi connectivity index (χ0v) is 11.5. The lowest BCUT2D eigenvalue weighted by atomic mass is 10.1. The zero-order chi connectivity index (χ0) is 13.8. The van der Waals surface area contributed by atoms with Crippen molar-refractivity contribution in [2.75, 3.05) is 5.73 Å². The second-order valence-corrected chi connectivity index (χ2v) is 4.87.